The first kappa shape index (κ1) is 20.4. The van der Waals surface area contributed by atoms with Crippen molar-refractivity contribution in [2.45, 2.75) is 65.2 Å². The molecule has 0 spiro atoms. The quantitative estimate of drug-likeness (QED) is 0.639. The zero-order valence-electron chi connectivity index (χ0n) is 14.2. The zero-order valence-corrected chi connectivity index (χ0v) is 14.2. The third-order valence-electron chi connectivity index (χ3n) is 2.90. The number of carbonyl (C=O) groups is 2. The van der Waals surface area contributed by atoms with E-state index in [1.54, 1.807) is 26.8 Å². The number of carbonyl (C=O) groups excluding carboxylic acids is 1. The van der Waals surface area contributed by atoms with E-state index in [0.717, 1.165) is 0 Å². The summed E-state index contributed by atoms with van der Waals surface area (Å²) in [4.78, 5) is 23.0. The van der Waals surface area contributed by atoms with Crippen LogP contribution in [0.15, 0.2) is 12.7 Å². The van der Waals surface area contributed by atoms with E-state index < -0.39 is 23.7 Å². The number of nitrogens with one attached hydrogen (secondary N) is 1. The molecule has 0 fully saturated rings. The zero-order chi connectivity index (χ0) is 17.3. The van der Waals surface area contributed by atoms with Crippen LogP contribution in [0.3, 0.4) is 0 Å². The fourth-order valence-electron chi connectivity index (χ4n) is 1.84. The number of hydrogen-bond donors (Lipinski definition) is 2. The molecule has 0 aromatic carbocycles. The molecule has 0 aliphatic carbocycles. The highest BCUT2D eigenvalue weighted by atomic mass is 16.6. The Morgan fingerprint density at radius 1 is 1.27 bits per heavy atom. The lowest BCUT2D eigenvalue weighted by Crippen LogP contribution is -2.44. The molecule has 22 heavy (non-hydrogen) atoms. The van der Waals surface area contributed by atoms with E-state index in [1.807, 2.05) is 13.8 Å². The topological polar surface area (TPSA) is 84.9 Å². The van der Waals surface area contributed by atoms with E-state index in [9.17, 15) is 14.7 Å². The fourth-order valence-corrected chi connectivity index (χ4v) is 1.84. The summed E-state index contributed by atoms with van der Waals surface area (Å²) >= 11 is 0. The average molecular weight is 315 g/mol. The third kappa shape index (κ3) is 9.39. The first-order valence-corrected chi connectivity index (χ1v) is 7.51. The predicted molar refractivity (Wildman–Crippen MR) is 84.8 cm³/mol. The minimum atomic E-state index is -1.09. The van der Waals surface area contributed by atoms with Gasteiger partial charge in [-0.15, -0.1) is 6.58 Å². The van der Waals surface area contributed by atoms with Crippen LogP contribution in [0.2, 0.25) is 0 Å². The van der Waals surface area contributed by atoms with Crippen molar-refractivity contribution in [1.29, 1.82) is 0 Å². The summed E-state index contributed by atoms with van der Waals surface area (Å²) in [5.74, 6) is -0.840. The third-order valence-corrected chi connectivity index (χ3v) is 2.90. The summed E-state index contributed by atoms with van der Waals surface area (Å²) in [6.07, 6.45) is 1.64. The van der Waals surface area contributed by atoms with Gasteiger partial charge in [-0.2, -0.15) is 0 Å². The molecule has 0 aromatic rings. The maximum Gasteiger partial charge on any atom is 0.408 e. The van der Waals surface area contributed by atoms with E-state index in [-0.39, 0.29) is 18.4 Å². The number of rotatable bonds is 9. The summed E-state index contributed by atoms with van der Waals surface area (Å²) in [5.41, 5.74) is -0.666. The Morgan fingerprint density at radius 2 is 1.86 bits per heavy atom. The first-order valence-electron chi connectivity index (χ1n) is 7.51. The van der Waals surface area contributed by atoms with Gasteiger partial charge in [0.2, 0.25) is 0 Å². The fraction of sp³-hybridized carbons (Fsp3) is 0.750. The molecule has 0 saturated heterocycles. The molecule has 6 nitrogen and oxygen atoms in total. The minimum Gasteiger partial charge on any atom is -0.480 e. The largest absolute Gasteiger partial charge is 0.480 e. The van der Waals surface area contributed by atoms with Crippen molar-refractivity contribution >= 4 is 12.1 Å². The molecule has 2 unspecified atom stereocenters. The maximum atomic E-state index is 11.7. The molecule has 0 saturated carbocycles. The smallest absolute Gasteiger partial charge is 0.408 e. The molecule has 0 rings (SSSR count). The minimum absolute atomic E-state index is 0.0831. The van der Waals surface area contributed by atoms with Gasteiger partial charge in [0.1, 0.15) is 11.6 Å². The van der Waals surface area contributed by atoms with Crippen molar-refractivity contribution in [2.75, 3.05) is 6.61 Å². The Kier molecular flexibility index (Phi) is 8.79. The maximum absolute atomic E-state index is 11.7. The van der Waals surface area contributed by atoms with Gasteiger partial charge in [-0.25, -0.2) is 9.59 Å². The standard InChI is InChI=1S/C16H29NO5/c1-7-10-21-13(11(2)3)9-8-12(14(18)19)17-15(20)22-16(4,5)6/h7,11-13H,1,8-10H2,2-6H3,(H,17,20)(H,18,19). The second-order valence-corrected chi connectivity index (χ2v) is 6.52. The Balaban J connectivity index is 4.54. The first-order chi connectivity index (χ1) is 10.1. The Labute approximate surface area is 132 Å². The van der Waals surface area contributed by atoms with Crippen LogP contribution >= 0.6 is 0 Å². The van der Waals surface area contributed by atoms with Crippen LogP contribution in [-0.4, -0.2) is 41.5 Å². The van der Waals surface area contributed by atoms with Crippen LogP contribution < -0.4 is 5.32 Å². The lowest BCUT2D eigenvalue weighted by molar-refractivity contribution is -0.139. The predicted octanol–water partition coefficient (Wildman–Crippen LogP) is 2.97. The van der Waals surface area contributed by atoms with Gasteiger partial charge in [-0.3, -0.25) is 0 Å². The highest BCUT2D eigenvalue weighted by Crippen LogP contribution is 2.15. The molecule has 0 bridgehead atoms. The van der Waals surface area contributed by atoms with Gasteiger partial charge in [0, 0.05) is 0 Å². The SMILES string of the molecule is C=CCOC(CCC(NC(=O)OC(C)(C)C)C(=O)O)C(C)C. The monoisotopic (exact) mass is 315 g/mol. The van der Waals surface area contributed by atoms with Crippen molar-refractivity contribution < 1.29 is 24.2 Å². The summed E-state index contributed by atoms with van der Waals surface area (Å²) < 4.78 is 10.7. The second-order valence-electron chi connectivity index (χ2n) is 6.52. The van der Waals surface area contributed by atoms with Crippen molar-refractivity contribution in [3.8, 4) is 0 Å². The van der Waals surface area contributed by atoms with E-state index >= 15 is 0 Å². The van der Waals surface area contributed by atoms with Crippen LogP contribution in [0.5, 0.6) is 0 Å². The number of alkyl carbamates (subject to hydrolysis) is 1. The molecule has 0 radical (unpaired) electrons. The van der Waals surface area contributed by atoms with E-state index in [2.05, 4.69) is 11.9 Å². The van der Waals surface area contributed by atoms with E-state index in [0.29, 0.717) is 13.0 Å². The van der Waals surface area contributed by atoms with E-state index in [1.165, 1.54) is 0 Å². The molecule has 1 amide bonds. The van der Waals surface area contributed by atoms with Crippen LogP contribution in [0, 0.1) is 5.92 Å². The van der Waals surface area contributed by atoms with Crippen molar-refractivity contribution in [3.63, 3.8) is 0 Å². The second kappa shape index (κ2) is 9.46. The number of hydrogen-bond acceptors (Lipinski definition) is 4. The molecule has 2 N–H and O–H groups in total. The molecule has 0 heterocycles. The number of amides is 1. The van der Waals surface area contributed by atoms with Crippen LogP contribution in [0.4, 0.5) is 4.79 Å². The van der Waals surface area contributed by atoms with Crippen molar-refractivity contribution in [1.82, 2.24) is 5.32 Å². The highest BCUT2D eigenvalue weighted by molar-refractivity contribution is 5.79. The number of aliphatic carboxylic acids is 1. The summed E-state index contributed by atoms with van der Waals surface area (Å²) in [6.45, 7) is 13.2. The molecule has 0 aliphatic rings. The summed E-state index contributed by atoms with van der Waals surface area (Å²) in [5, 5.41) is 11.6. The van der Waals surface area contributed by atoms with Crippen molar-refractivity contribution in [2.24, 2.45) is 5.92 Å². The van der Waals surface area contributed by atoms with Gasteiger partial charge < -0.3 is 19.9 Å². The number of carboxylic acids is 1. The lowest BCUT2D eigenvalue weighted by atomic mass is 9.99. The highest BCUT2D eigenvalue weighted by Gasteiger charge is 2.25. The summed E-state index contributed by atoms with van der Waals surface area (Å²) in [7, 11) is 0. The van der Waals surface area contributed by atoms with E-state index in [4.69, 9.17) is 9.47 Å². The Bertz CT molecular complexity index is 373. The number of ether oxygens (including phenoxy) is 2. The van der Waals surface area contributed by atoms with Crippen LogP contribution in [-0.2, 0) is 14.3 Å². The lowest BCUT2D eigenvalue weighted by Gasteiger charge is -2.24. The van der Waals surface area contributed by atoms with Gasteiger partial charge >= 0.3 is 12.1 Å². The van der Waals surface area contributed by atoms with Gasteiger partial charge in [-0.1, -0.05) is 19.9 Å². The van der Waals surface area contributed by atoms with Crippen molar-refractivity contribution in [3.05, 3.63) is 12.7 Å². The normalized spacial score (nSPS) is 14.3. The molecular formula is C16H29NO5. The molecule has 0 aliphatic heterocycles. The van der Waals surface area contributed by atoms with Gasteiger partial charge in [-0.05, 0) is 39.5 Å². The van der Waals surface area contributed by atoms with Gasteiger partial charge in [0.15, 0.2) is 0 Å². The average Bonchev–Trinajstić information content (AvgIpc) is 2.34. The molecular weight excluding hydrogens is 286 g/mol. The van der Waals surface area contributed by atoms with Crippen LogP contribution in [0.25, 0.3) is 0 Å². The molecule has 6 heteroatoms. The van der Waals surface area contributed by atoms with Crippen LogP contribution in [0.1, 0.15) is 47.5 Å². The van der Waals surface area contributed by atoms with Gasteiger partial charge in [0.25, 0.3) is 0 Å². The molecule has 0 aromatic heterocycles. The summed E-state index contributed by atoms with van der Waals surface area (Å²) in [6, 6.07) is -0.997. The molecule has 2 atom stereocenters. The van der Waals surface area contributed by atoms with Gasteiger partial charge in [0.05, 0.1) is 12.7 Å². The molecule has 128 valence electrons. The number of carboxylic acid groups (broad SMARTS) is 1. The Morgan fingerprint density at radius 3 is 2.27 bits per heavy atom. The Hall–Kier alpha value is -1.56.